The highest BCUT2D eigenvalue weighted by molar-refractivity contribution is 5.81. The van der Waals surface area contributed by atoms with E-state index in [-0.39, 0.29) is 6.61 Å². The van der Waals surface area contributed by atoms with Gasteiger partial charge in [0.2, 0.25) is 5.89 Å². The molecule has 3 aromatic carbocycles. The van der Waals surface area contributed by atoms with Crippen LogP contribution in [0.25, 0.3) is 22.6 Å². The van der Waals surface area contributed by atoms with E-state index in [1.165, 1.54) is 7.11 Å². The van der Waals surface area contributed by atoms with Crippen molar-refractivity contribution in [1.29, 1.82) is 0 Å². The standard InChI is InChI=1S/C25H22N2O5/c1-30-24(28)21(14-17-8-4-2-5-9-17)27-25(29)31-16-18-12-13-22-20(15-18)26-23(32-22)19-10-6-3-7-11-19/h2-13,15,21H,14,16H2,1H3,(H,27,29)/t21-/m1/s1. The molecule has 1 atom stereocenters. The minimum Gasteiger partial charge on any atom is -0.467 e. The fourth-order valence-corrected chi connectivity index (χ4v) is 3.29. The van der Waals surface area contributed by atoms with E-state index in [0.29, 0.717) is 23.4 Å². The van der Waals surface area contributed by atoms with Crippen molar-refractivity contribution in [3.63, 3.8) is 0 Å². The van der Waals surface area contributed by atoms with Crippen molar-refractivity contribution >= 4 is 23.2 Å². The number of amides is 1. The molecule has 162 valence electrons. The van der Waals surface area contributed by atoms with Crippen molar-refractivity contribution in [3.8, 4) is 11.5 Å². The number of oxazole rings is 1. The summed E-state index contributed by atoms with van der Waals surface area (Å²) in [6.07, 6.45) is -0.406. The van der Waals surface area contributed by atoms with Crippen molar-refractivity contribution < 1.29 is 23.5 Å². The number of benzene rings is 3. The fraction of sp³-hybridized carbons (Fsp3) is 0.160. The SMILES string of the molecule is COC(=O)[C@@H](Cc1ccccc1)NC(=O)OCc1ccc2oc(-c3ccccc3)nc2c1. The molecular weight excluding hydrogens is 408 g/mol. The van der Waals surface area contributed by atoms with Gasteiger partial charge in [-0.15, -0.1) is 0 Å². The highest BCUT2D eigenvalue weighted by Crippen LogP contribution is 2.24. The first kappa shape index (κ1) is 21.1. The largest absolute Gasteiger partial charge is 0.467 e. The third-order valence-corrected chi connectivity index (χ3v) is 4.90. The second-order valence-electron chi connectivity index (χ2n) is 7.17. The van der Waals surface area contributed by atoms with Crippen LogP contribution in [-0.4, -0.2) is 30.2 Å². The third kappa shape index (κ3) is 5.13. The molecule has 1 aromatic heterocycles. The van der Waals surface area contributed by atoms with E-state index in [1.807, 2.05) is 60.7 Å². The van der Waals surface area contributed by atoms with Gasteiger partial charge >= 0.3 is 12.1 Å². The number of esters is 1. The van der Waals surface area contributed by atoms with Crippen LogP contribution in [0.5, 0.6) is 0 Å². The van der Waals surface area contributed by atoms with E-state index in [2.05, 4.69) is 10.3 Å². The molecule has 0 saturated carbocycles. The Labute approximate surface area is 185 Å². The van der Waals surface area contributed by atoms with Crippen LogP contribution in [0.4, 0.5) is 4.79 Å². The Morgan fingerprint density at radius 3 is 2.41 bits per heavy atom. The number of fused-ring (bicyclic) bond motifs is 1. The Bertz CT molecular complexity index is 1200. The summed E-state index contributed by atoms with van der Waals surface area (Å²) in [5.74, 6) is -0.0125. The molecule has 0 unspecified atom stereocenters. The minimum absolute atomic E-state index is 0.0224. The molecule has 0 aliphatic heterocycles. The first-order valence-corrected chi connectivity index (χ1v) is 10.1. The molecule has 32 heavy (non-hydrogen) atoms. The second-order valence-corrected chi connectivity index (χ2v) is 7.17. The van der Waals surface area contributed by atoms with E-state index in [4.69, 9.17) is 13.9 Å². The molecule has 0 aliphatic rings. The molecule has 0 fully saturated rings. The number of rotatable bonds is 7. The Hall–Kier alpha value is -4.13. The molecule has 7 heteroatoms. The predicted molar refractivity (Wildman–Crippen MR) is 119 cm³/mol. The van der Waals surface area contributed by atoms with Gasteiger partial charge in [-0.05, 0) is 35.4 Å². The van der Waals surface area contributed by atoms with Crippen LogP contribution in [0.1, 0.15) is 11.1 Å². The molecule has 0 radical (unpaired) electrons. The molecule has 0 spiro atoms. The molecule has 1 amide bonds. The van der Waals surface area contributed by atoms with E-state index in [1.54, 1.807) is 18.2 Å². The van der Waals surface area contributed by atoms with Crippen molar-refractivity contribution in [3.05, 3.63) is 90.0 Å². The molecule has 4 rings (SSSR count). The summed E-state index contributed by atoms with van der Waals surface area (Å²) < 4.78 is 15.9. The van der Waals surface area contributed by atoms with E-state index in [9.17, 15) is 9.59 Å². The molecule has 0 aliphatic carbocycles. The Kier molecular flexibility index (Phi) is 6.46. The number of carbonyl (C=O) groups excluding carboxylic acids is 2. The van der Waals surface area contributed by atoms with Crippen LogP contribution in [0, 0.1) is 0 Å². The van der Waals surface area contributed by atoms with Gasteiger partial charge in [-0.25, -0.2) is 14.6 Å². The monoisotopic (exact) mass is 430 g/mol. The van der Waals surface area contributed by atoms with Crippen LogP contribution in [0.3, 0.4) is 0 Å². The first-order chi connectivity index (χ1) is 15.6. The number of aromatic nitrogens is 1. The molecule has 1 N–H and O–H groups in total. The molecule has 4 aromatic rings. The van der Waals surface area contributed by atoms with E-state index >= 15 is 0 Å². The van der Waals surface area contributed by atoms with Gasteiger partial charge in [0.05, 0.1) is 7.11 Å². The average molecular weight is 430 g/mol. The molecule has 1 heterocycles. The van der Waals surface area contributed by atoms with Crippen LogP contribution in [0.15, 0.2) is 83.3 Å². The van der Waals surface area contributed by atoms with Crippen LogP contribution in [0.2, 0.25) is 0 Å². The maximum absolute atomic E-state index is 12.3. The summed E-state index contributed by atoms with van der Waals surface area (Å²) in [6, 6.07) is 23.5. The zero-order valence-electron chi connectivity index (χ0n) is 17.5. The van der Waals surface area contributed by atoms with Crippen molar-refractivity contribution in [2.24, 2.45) is 0 Å². The average Bonchev–Trinajstić information content (AvgIpc) is 3.26. The summed E-state index contributed by atoms with van der Waals surface area (Å²) in [4.78, 5) is 28.9. The second kappa shape index (κ2) is 9.78. The number of ether oxygens (including phenoxy) is 2. The van der Waals surface area contributed by atoms with Crippen LogP contribution in [-0.2, 0) is 27.3 Å². The smallest absolute Gasteiger partial charge is 0.408 e. The zero-order valence-corrected chi connectivity index (χ0v) is 17.5. The summed E-state index contributed by atoms with van der Waals surface area (Å²) >= 11 is 0. The van der Waals surface area contributed by atoms with E-state index < -0.39 is 18.1 Å². The summed E-state index contributed by atoms with van der Waals surface area (Å²) in [7, 11) is 1.28. The number of alkyl carbamates (subject to hydrolysis) is 1. The lowest BCUT2D eigenvalue weighted by atomic mass is 10.1. The lowest BCUT2D eigenvalue weighted by Crippen LogP contribution is -2.43. The van der Waals surface area contributed by atoms with Gasteiger partial charge < -0.3 is 19.2 Å². The number of hydrogen-bond acceptors (Lipinski definition) is 6. The Morgan fingerprint density at radius 2 is 1.69 bits per heavy atom. The lowest BCUT2D eigenvalue weighted by molar-refractivity contribution is -0.143. The van der Waals surface area contributed by atoms with Crippen molar-refractivity contribution in [1.82, 2.24) is 10.3 Å². The highest BCUT2D eigenvalue weighted by atomic mass is 16.6. The molecule has 7 nitrogen and oxygen atoms in total. The normalized spacial score (nSPS) is 11.7. The quantitative estimate of drug-likeness (QED) is 0.434. The van der Waals surface area contributed by atoms with Gasteiger partial charge in [0.1, 0.15) is 18.2 Å². The fourth-order valence-electron chi connectivity index (χ4n) is 3.29. The predicted octanol–water partition coefficient (Wildman–Crippen LogP) is 4.51. The van der Waals surface area contributed by atoms with Crippen molar-refractivity contribution in [2.75, 3.05) is 7.11 Å². The topological polar surface area (TPSA) is 90.7 Å². The van der Waals surface area contributed by atoms with Gasteiger partial charge in [-0.3, -0.25) is 0 Å². The van der Waals surface area contributed by atoms with Gasteiger partial charge in [0.25, 0.3) is 0 Å². The summed E-state index contributed by atoms with van der Waals surface area (Å²) in [6.45, 7) is 0.0224. The van der Waals surface area contributed by atoms with Gasteiger partial charge in [-0.1, -0.05) is 54.6 Å². The van der Waals surface area contributed by atoms with Crippen LogP contribution < -0.4 is 5.32 Å². The lowest BCUT2D eigenvalue weighted by Gasteiger charge is -2.16. The number of nitrogens with one attached hydrogen (secondary N) is 1. The van der Waals surface area contributed by atoms with Gasteiger partial charge in [0.15, 0.2) is 5.58 Å². The number of methoxy groups -OCH3 is 1. The first-order valence-electron chi connectivity index (χ1n) is 10.1. The molecule has 0 saturated heterocycles. The highest BCUT2D eigenvalue weighted by Gasteiger charge is 2.22. The third-order valence-electron chi connectivity index (χ3n) is 4.90. The number of hydrogen-bond donors (Lipinski definition) is 1. The van der Waals surface area contributed by atoms with Crippen LogP contribution >= 0.6 is 0 Å². The van der Waals surface area contributed by atoms with Crippen molar-refractivity contribution in [2.45, 2.75) is 19.1 Å². The Balaban J connectivity index is 1.39. The summed E-state index contributed by atoms with van der Waals surface area (Å²) in [5, 5.41) is 2.58. The van der Waals surface area contributed by atoms with E-state index in [0.717, 1.165) is 16.7 Å². The molecule has 0 bridgehead atoms. The van der Waals surface area contributed by atoms with Gasteiger partial charge in [-0.2, -0.15) is 0 Å². The Morgan fingerprint density at radius 1 is 0.969 bits per heavy atom. The number of carbonyl (C=O) groups is 2. The number of nitrogens with zero attached hydrogens (tertiary/aromatic N) is 1. The zero-order chi connectivity index (χ0) is 22.3. The molecular formula is C25H22N2O5. The maximum atomic E-state index is 12.3. The maximum Gasteiger partial charge on any atom is 0.408 e. The van der Waals surface area contributed by atoms with Gasteiger partial charge in [0, 0.05) is 12.0 Å². The minimum atomic E-state index is -0.846. The summed E-state index contributed by atoms with van der Waals surface area (Å²) in [5.41, 5.74) is 3.84.